The minimum Gasteiger partial charge on any atom is -0.352 e. The Labute approximate surface area is 130 Å². The van der Waals surface area contributed by atoms with Crippen LogP contribution < -0.4 is 11.0 Å². The zero-order valence-corrected chi connectivity index (χ0v) is 12.1. The zero-order valence-electron chi connectivity index (χ0n) is 12.1. The average molecular weight is 314 g/mol. The van der Waals surface area contributed by atoms with E-state index in [0.29, 0.717) is 24.6 Å². The summed E-state index contributed by atoms with van der Waals surface area (Å²) in [6.45, 7) is 0.318. The van der Waals surface area contributed by atoms with E-state index in [-0.39, 0.29) is 18.0 Å². The van der Waals surface area contributed by atoms with E-state index in [4.69, 9.17) is 0 Å². The van der Waals surface area contributed by atoms with Crippen LogP contribution in [-0.2, 0) is 17.8 Å². The molecule has 118 valence electrons. The van der Waals surface area contributed by atoms with Crippen LogP contribution in [0.2, 0.25) is 0 Å². The first-order valence-corrected chi connectivity index (χ1v) is 6.91. The first-order valence-electron chi connectivity index (χ1n) is 6.91. The normalized spacial score (nSPS) is 10.6. The van der Waals surface area contributed by atoms with Crippen molar-refractivity contribution in [1.82, 2.24) is 40.2 Å². The van der Waals surface area contributed by atoms with Crippen LogP contribution in [0.1, 0.15) is 17.8 Å². The standard InChI is InChI=1S/C13H14N8O2/c22-11(4-3-10-18-13(23)20-19-10)16-6-9-2-1-5-15-12(9)21-8-14-7-17-21/h1-2,5,7-8H,3-4,6H2,(H,16,22)(H2,18,19,20,23). The fourth-order valence-corrected chi connectivity index (χ4v) is 2.03. The summed E-state index contributed by atoms with van der Waals surface area (Å²) in [5, 5.41) is 12.9. The summed E-state index contributed by atoms with van der Waals surface area (Å²) in [6.07, 6.45) is 5.19. The van der Waals surface area contributed by atoms with E-state index in [1.165, 1.54) is 11.0 Å². The van der Waals surface area contributed by atoms with Gasteiger partial charge in [-0.15, -0.1) is 0 Å². The first kappa shape index (κ1) is 14.6. The van der Waals surface area contributed by atoms with Crippen LogP contribution in [0.4, 0.5) is 0 Å². The molecule has 0 fully saturated rings. The van der Waals surface area contributed by atoms with E-state index in [0.717, 1.165) is 5.56 Å². The van der Waals surface area contributed by atoms with Crippen LogP contribution in [0, 0.1) is 0 Å². The summed E-state index contributed by atoms with van der Waals surface area (Å²) in [7, 11) is 0. The molecule has 10 heteroatoms. The number of rotatable bonds is 6. The fourth-order valence-electron chi connectivity index (χ4n) is 2.03. The maximum Gasteiger partial charge on any atom is 0.340 e. The molecule has 3 aromatic rings. The minimum atomic E-state index is -0.381. The van der Waals surface area contributed by atoms with Crippen molar-refractivity contribution in [3.63, 3.8) is 0 Å². The lowest BCUT2D eigenvalue weighted by Gasteiger charge is -2.09. The van der Waals surface area contributed by atoms with Gasteiger partial charge in [-0.25, -0.2) is 24.5 Å². The van der Waals surface area contributed by atoms with Crippen LogP contribution in [0.15, 0.2) is 35.8 Å². The predicted octanol–water partition coefficient (Wildman–Crippen LogP) is -0.677. The molecule has 3 heterocycles. The molecule has 0 aliphatic heterocycles. The monoisotopic (exact) mass is 314 g/mol. The van der Waals surface area contributed by atoms with Gasteiger partial charge >= 0.3 is 5.69 Å². The van der Waals surface area contributed by atoms with E-state index in [9.17, 15) is 9.59 Å². The maximum atomic E-state index is 11.9. The second-order valence-electron chi connectivity index (χ2n) is 4.73. The van der Waals surface area contributed by atoms with Crippen molar-refractivity contribution >= 4 is 5.91 Å². The van der Waals surface area contributed by atoms with E-state index in [2.05, 4.69) is 35.6 Å². The minimum absolute atomic E-state index is 0.151. The van der Waals surface area contributed by atoms with Crippen molar-refractivity contribution < 1.29 is 4.79 Å². The SMILES string of the molecule is O=C(CCc1n[nH]c(=O)[nH]1)NCc1cccnc1-n1cncn1. The largest absolute Gasteiger partial charge is 0.352 e. The molecule has 0 aromatic carbocycles. The van der Waals surface area contributed by atoms with Gasteiger partial charge in [-0.1, -0.05) is 6.07 Å². The van der Waals surface area contributed by atoms with Crippen LogP contribution >= 0.6 is 0 Å². The summed E-state index contributed by atoms with van der Waals surface area (Å²) < 4.78 is 1.54. The van der Waals surface area contributed by atoms with Gasteiger partial charge in [-0.3, -0.25) is 9.78 Å². The Morgan fingerprint density at radius 2 is 2.30 bits per heavy atom. The van der Waals surface area contributed by atoms with Crippen LogP contribution in [0.5, 0.6) is 0 Å². The summed E-state index contributed by atoms with van der Waals surface area (Å²) in [5.74, 6) is 0.916. The van der Waals surface area contributed by atoms with Crippen molar-refractivity contribution in [2.45, 2.75) is 19.4 Å². The van der Waals surface area contributed by atoms with E-state index in [1.54, 1.807) is 18.6 Å². The number of H-pyrrole nitrogens is 2. The second kappa shape index (κ2) is 6.64. The number of nitrogens with zero attached hydrogens (tertiary/aromatic N) is 5. The average Bonchev–Trinajstić information content (AvgIpc) is 3.23. The summed E-state index contributed by atoms with van der Waals surface area (Å²) in [4.78, 5) is 33.4. The Bertz CT molecular complexity index is 836. The van der Waals surface area contributed by atoms with Crippen molar-refractivity contribution in [3.8, 4) is 5.82 Å². The van der Waals surface area contributed by atoms with Crippen molar-refractivity contribution in [3.05, 3.63) is 52.9 Å². The molecule has 0 bridgehead atoms. The van der Waals surface area contributed by atoms with Gasteiger partial charge in [0.1, 0.15) is 18.5 Å². The number of hydrogen-bond acceptors (Lipinski definition) is 6. The highest BCUT2D eigenvalue weighted by atomic mass is 16.2. The molecule has 0 aliphatic carbocycles. The van der Waals surface area contributed by atoms with Gasteiger partial charge in [-0.05, 0) is 6.07 Å². The van der Waals surface area contributed by atoms with Gasteiger partial charge in [0, 0.05) is 31.1 Å². The van der Waals surface area contributed by atoms with Crippen molar-refractivity contribution in [1.29, 1.82) is 0 Å². The Kier molecular flexibility index (Phi) is 4.22. The van der Waals surface area contributed by atoms with Gasteiger partial charge < -0.3 is 5.32 Å². The molecule has 10 nitrogen and oxygen atoms in total. The summed E-state index contributed by atoms with van der Waals surface area (Å²) in [6, 6.07) is 3.64. The Morgan fingerprint density at radius 1 is 1.39 bits per heavy atom. The van der Waals surface area contributed by atoms with Crippen LogP contribution in [0.25, 0.3) is 5.82 Å². The Morgan fingerprint density at radius 3 is 3.04 bits per heavy atom. The van der Waals surface area contributed by atoms with Gasteiger partial charge in [0.2, 0.25) is 5.91 Å². The Hall–Kier alpha value is -3.30. The number of aromatic nitrogens is 7. The number of carbonyl (C=O) groups excluding carboxylic acids is 1. The van der Waals surface area contributed by atoms with Gasteiger partial charge in [0.25, 0.3) is 0 Å². The molecule has 0 aliphatic rings. The highest BCUT2D eigenvalue weighted by molar-refractivity contribution is 5.76. The third kappa shape index (κ3) is 3.67. The third-order valence-corrected chi connectivity index (χ3v) is 3.12. The molecule has 23 heavy (non-hydrogen) atoms. The zero-order chi connectivity index (χ0) is 16.1. The van der Waals surface area contributed by atoms with Gasteiger partial charge in [-0.2, -0.15) is 10.2 Å². The number of amides is 1. The molecule has 3 aromatic heterocycles. The lowest BCUT2D eigenvalue weighted by molar-refractivity contribution is -0.121. The Balaban J connectivity index is 1.58. The van der Waals surface area contributed by atoms with Crippen molar-refractivity contribution in [2.24, 2.45) is 0 Å². The quantitative estimate of drug-likeness (QED) is 0.552. The van der Waals surface area contributed by atoms with Crippen LogP contribution in [0.3, 0.4) is 0 Å². The van der Waals surface area contributed by atoms with Crippen LogP contribution in [-0.4, -0.2) is 40.8 Å². The number of aryl methyl sites for hydroxylation is 1. The first-order chi connectivity index (χ1) is 11.2. The molecule has 3 N–H and O–H groups in total. The molecule has 0 radical (unpaired) electrons. The van der Waals surface area contributed by atoms with E-state index >= 15 is 0 Å². The maximum absolute atomic E-state index is 11.9. The molecule has 3 rings (SSSR count). The number of aromatic amines is 2. The highest BCUT2D eigenvalue weighted by Crippen LogP contribution is 2.09. The van der Waals surface area contributed by atoms with E-state index < -0.39 is 0 Å². The third-order valence-electron chi connectivity index (χ3n) is 3.12. The smallest absolute Gasteiger partial charge is 0.340 e. The number of carbonyl (C=O) groups is 1. The summed E-state index contributed by atoms with van der Waals surface area (Å²) in [5.41, 5.74) is 0.438. The summed E-state index contributed by atoms with van der Waals surface area (Å²) >= 11 is 0. The number of hydrogen-bond donors (Lipinski definition) is 3. The van der Waals surface area contributed by atoms with Crippen molar-refractivity contribution in [2.75, 3.05) is 0 Å². The molecular weight excluding hydrogens is 300 g/mol. The number of nitrogens with one attached hydrogen (secondary N) is 3. The highest BCUT2D eigenvalue weighted by Gasteiger charge is 2.09. The van der Waals surface area contributed by atoms with Gasteiger partial charge in [0.15, 0.2) is 5.82 Å². The molecule has 0 saturated heterocycles. The topological polar surface area (TPSA) is 134 Å². The fraction of sp³-hybridized carbons (Fsp3) is 0.231. The molecule has 0 saturated carbocycles. The lowest BCUT2D eigenvalue weighted by atomic mass is 10.2. The second-order valence-corrected chi connectivity index (χ2v) is 4.73. The molecule has 0 atom stereocenters. The van der Waals surface area contributed by atoms with E-state index in [1.807, 2.05) is 6.07 Å². The molecular formula is C13H14N8O2. The van der Waals surface area contributed by atoms with Gasteiger partial charge in [0.05, 0.1) is 0 Å². The molecule has 0 spiro atoms. The predicted molar refractivity (Wildman–Crippen MR) is 78.5 cm³/mol. The number of pyridine rings is 1. The lowest BCUT2D eigenvalue weighted by Crippen LogP contribution is -2.24. The molecule has 0 unspecified atom stereocenters. The molecule has 1 amide bonds.